The second-order valence-corrected chi connectivity index (χ2v) is 4.72. The van der Waals surface area contributed by atoms with E-state index in [1.54, 1.807) is 7.11 Å². The molecule has 1 aliphatic rings. The van der Waals surface area contributed by atoms with Crippen LogP contribution in [0.15, 0.2) is 24.4 Å². The van der Waals surface area contributed by atoms with Gasteiger partial charge in [0.05, 0.1) is 13.7 Å². The van der Waals surface area contributed by atoms with Crippen molar-refractivity contribution in [3.05, 3.63) is 30.0 Å². The lowest BCUT2D eigenvalue weighted by Gasteiger charge is -2.27. The predicted octanol–water partition coefficient (Wildman–Crippen LogP) is 1.11. The monoisotopic (exact) mass is 259 g/mol. The van der Waals surface area contributed by atoms with Crippen molar-refractivity contribution < 1.29 is 9.53 Å². The topological polar surface area (TPSA) is 57.4 Å². The Morgan fingerprint density at radius 1 is 1.42 bits per heavy atom. The summed E-state index contributed by atoms with van der Waals surface area (Å²) < 4.78 is 5.21. The van der Waals surface area contributed by atoms with Crippen LogP contribution >= 0.6 is 0 Å². The van der Waals surface area contributed by atoms with Gasteiger partial charge in [-0.15, -0.1) is 0 Å². The minimum atomic E-state index is 0.161. The van der Waals surface area contributed by atoms with Gasteiger partial charge in [-0.25, -0.2) is 0 Å². The summed E-state index contributed by atoms with van der Waals surface area (Å²) in [7, 11) is 1.66. The average molecular weight is 259 g/mol. The van der Waals surface area contributed by atoms with Gasteiger partial charge in [-0.1, -0.05) is 0 Å². The van der Waals surface area contributed by atoms with Crippen molar-refractivity contribution in [2.24, 2.45) is 0 Å². The lowest BCUT2D eigenvalue weighted by Crippen LogP contribution is -2.47. The minimum Gasteiger partial charge on any atom is -0.497 e. The third kappa shape index (κ3) is 2.29. The van der Waals surface area contributed by atoms with Crippen LogP contribution in [0.1, 0.15) is 5.56 Å². The molecule has 0 unspecified atom stereocenters. The van der Waals surface area contributed by atoms with Crippen molar-refractivity contribution in [3.63, 3.8) is 0 Å². The number of piperazine rings is 1. The zero-order valence-corrected chi connectivity index (χ0v) is 10.9. The Balaban J connectivity index is 1.86. The summed E-state index contributed by atoms with van der Waals surface area (Å²) in [5, 5.41) is 4.23. The Kier molecular flexibility index (Phi) is 3.13. The van der Waals surface area contributed by atoms with Crippen molar-refractivity contribution >= 4 is 16.8 Å². The second kappa shape index (κ2) is 4.93. The number of aromatic amines is 1. The van der Waals surface area contributed by atoms with E-state index < -0.39 is 0 Å². The van der Waals surface area contributed by atoms with E-state index in [9.17, 15) is 4.79 Å². The molecule has 0 aliphatic carbocycles. The maximum Gasteiger partial charge on any atom is 0.236 e. The number of methoxy groups -OCH3 is 1. The molecule has 0 radical (unpaired) electrons. The number of hydrogen-bond acceptors (Lipinski definition) is 3. The summed E-state index contributed by atoms with van der Waals surface area (Å²) in [4.78, 5) is 16.9. The van der Waals surface area contributed by atoms with Gasteiger partial charge in [-0.2, -0.15) is 0 Å². The summed E-state index contributed by atoms with van der Waals surface area (Å²) in [6.45, 7) is 2.73. The van der Waals surface area contributed by atoms with Crippen LogP contribution in [0.25, 0.3) is 10.9 Å². The van der Waals surface area contributed by atoms with Gasteiger partial charge < -0.3 is 19.9 Å². The summed E-state index contributed by atoms with van der Waals surface area (Å²) in [5.74, 6) is 0.994. The number of carbonyl (C=O) groups is 1. The van der Waals surface area contributed by atoms with Gasteiger partial charge in [0.1, 0.15) is 5.75 Å². The van der Waals surface area contributed by atoms with Crippen molar-refractivity contribution in [1.29, 1.82) is 0 Å². The molecule has 0 saturated carbocycles. The van der Waals surface area contributed by atoms with Crippen LogP contribution in [0, 0.1) is 0 Å². The molecule has 0 spiro atoms. The normalized spacial score (nSPS) is 16.1. The number of amides is 1. The number of benzene rings is 1. The minimum absolute atomic E-state index is 0.161. The molecule has 5 nitrogen and oxygen atoms in total. The standard InChI is InChI=1S/C14H17N3O2/c1-19-11-2-3-12-10(7-16-13(12)6-11)9-17-5-4-15-8-14(17)18/h2-3,6-7,15-16H,4-5,8-9H2,1H3. The Hall–Kier alpha value is -2.01. The van der Waals surface area contributed by atoms with Gasteiger partial charge >= 0.3 is 0 Å². The number of rotatable bonds is 3. The molecule has 2 aromatic rings. The highest BCUT2D eigenvalue weighted by molar-refractivity contribution is 5.85. The number of hydrogen-bond donors (Lipinski definition) is 2. The molecule has 5 heteroatoms. The van der Waals surface area contributed by atoms with Gasteiger partial charge in [-0.3, -0.25) is 4.79 Å². The SMILES string of the molecule is COc1ccc2c(CN3CCNCC3=O)c[nH]c2c1. The molecular weight excluding hydrogens is 242 g/mol. The van der Waals surface area contributed by atoms with E-state index in [1.807, 2.05) is 29.3 Å². The van der Waals surface area contributed by atoms with Crippen molar-refractivity contribution in [1.82, 2.24) is 15.2 Å². The fraction of sp³-hybridized carbons (Fsp3) is 0.357. The first-order valence-corrected chi connectivity index (χ1v) is 6.40. The van der Waals surface area contributed by atoms with Gasteiger partial charge in [0.25, 0.3) is 0 Å². The quantitative estimate of drug-likeness (QED) is 0.868. The van der Waals surface area contributed by atoms with E-state index >= 15 is 0 Å². The lowest BCUT2D eigenvalue weighted by molar-refractivity contribution is -0.132. The maximum absolute atomic E-state index is 11.8. The molecule has 2 heterocycles. The first-order valence-electron chi connectivity index (χ1n) is 6.40. The van der Waals surface area contributed by atoms with Crippen LogP contribution in [0.5, 0.6) is 5.75 Å². The number of ether oxygens (including phenoxy) is 1. The fourth-order valence-corrected chi connectivity index (χ4v) is 2.44. The Labute approximate surface area is 111 Å². The molecule has 1 aliphatic heterocycles. The second-order valence-electron chi connectivity index (χ2n) is 4.72. The Bertz CT molecular complexity index is 606. The molecule has 100 valence electrons. The first-order chi connectivity index (χ1) is 9.28. The Morgan fingerprint density at radius 3 is 3.11 bits per heavy atom. The zero-order chi connectivity index (χ0) is 13.2. The molecule has 1 aromatic heterocycles. The van der Waals surface area contributed by atoms with Crippen LogP contribution in [-0.2, 0) is 11.3 Å². The van der Waals surface area contributed by atoms with Crippen LogP contribution < -0.4 is 10.1 Å². The zero-order valence-electron chi connectivity index (χ0n) is 10.9. The lowest BCUT2D eigenvalue weighted by atomic mass is 10.1. The number of aromatic nitrogens is 1. The first kappa shape index (κ1) is 12.0. The van der Waals surface area contributed by atoms with Crippen LogP contribution in [0.4, 0.5) is 0 Å². The number of carbonyl (C=O) groups excluding carboxylic acids is 1. The van der Waals surface area contributed by atoms with Gasteiger partial charge in [0.15, 0.2) is 0 Å². The largest absolute Gasteiger partial charge is 0.497 e. The highest BCUT2D eigenvalue weighted by Gasteiger charge is 2.18. The molecule has 0 atom stereocenters. The third-order valence-corrected chi connectivity index (χ3v) is 3.52. The molecule has 19 heavy (non-hydrogen) atoms. The Morgan fingerprint density at radius 2 is 2.32 bits per heavy atom. The van der Waals surface area contributed by atoms with Crippen LogP contribution in [0.3, 0.4) is 0 Å². The number of fused-ring (bicyclic) bond motifs is 1. The molecule has 3 rings (SSSR count). The number of nitrogens with one attached hydrogen (secondary N) is 2. The molecular formula is C14H17N3O2. The average Bonchev–Trinajstić information content (AvgIpc) is 2.83. The molecule has 2 N–H and O–H groups in total. The highest BCUT2D eigenvalue weighted by Crippen LogP contribution is 2.24. The molecule has 1 aromatic carbocycles. The van der Waals surface area contributed by atoms with Crippen molar-refractivity contribution in [2.75, 3.05) is 26.7 Å². The molecule has 0 bridgehead atoms. The van der Waals surface area contributed by atoms with E-state index in [0.717, 1.165) is 35.3 Å². The van der Waals surface area contributed by atoms with Crippen LogP contribution in [-0.4, -0.2) is 42.5 Å². The highest BCUT2D eigenvalue weighted by atomic mass is 16.5. The predicted molar refractivity (Wildman–Crippen MR) is 73.1 cm³/mol. The molecule has 1 saturated heterocycles. The number of nitrogens with zero attached hydrogens (tertiary/aromatic N) is 1. The smallest absolute Gasteiger partial charge is 0.236 e. The maximum atomic E-state index is 11.8. The van der Waals surface area contributed by atoms with Gasteiger partial charge in [0.2, 0.25) is 5.91 Å². The molecule has 1 amide bonds. The molecule has 1 fully saturated rings. The fourth-order valence-electron chi connectivity index (χ4n) is 2.44. The third-order valence-electron chi connectivity index (χ3n) is 3.52. The van der Waals surface area contributed by atoms with E-state index in [0.29, 0.717) is 13.1 Å². The van der Waals surface area contributed by atoms with Crippen molar-refractivity contribution in [3.8, 4) is 5.75 Å². The van der Waals surface area contributed by atoms with E-state index in [-0.39, 0.29) is 5.91 Å². The number of H-pyrrole nitrogens is 1. The van der Waals surface area contributed by atoms with E-state index in [2.05, 4.69) is 10.3 Å². The van der Waals surface area contributed by atoms with Crippen molar-refractivity contribution in [2.45, 2.75) is 6.54 Å². The van der Waals surface area contributed by atoms with Gasteiger partial charge in [0, 0.05) is 42.8 Å². The summed E-state index contributed by atoms with van der Waals surface area (Å²) in [6, 6.07) is 5.95. The summed E-state index contributed by atoms with van der Waals surface area (Å²) in [5.41, 5.74) is 2.19. The van der Waals surface area contributed by atoms with E-state index in [4.69, 9.17) is 4.74 Å². The summed E-state index contributed by atoms with van der Waals surface area (Å²) >= 11 is 0. The van der Waals surface area contributed by atoms with E-state index in [1.165, 1.54) is 0 Å². The summed E-state index contributed by atoms with van der Waals surface area (Å²) in [6.07, 6.45) is 1.97. The van der Waals surface area contributed by atoms with Gasteiger partial charge in [-0.05, 0) is 17.7 Å². The van der Waals surface area contributed by atoms with Crippen LogP contribution in [0.2, 0.25) is 0 Å².